The highest BCUT2D eigenvalue weighted by atomic mass is 32.1. The van der Waals surface area contributed by atoms with Crippen molar-refractivity contribution in [2.24, 2.45) is 0 Å². The lowest BCUT2D eigenvalue weighted by molar-refractivity contribution is 0.102. The molecule has 7 nitrogen and oxygen atoms in total. The summed E-state index contributed by atoms with van der Waals surface area (Å²) in [6, 6.07) is 18.2. The number of hydrogen-bond donors (Lipinski definition) is 2. The van der Waals surface area contributed by atoms with Crippen molar-refractivity contribution in [1.29, 1.82) is 5.26 Å². The molecule has 9 heteroatoms. The number of thiophene rings is 1. The Hall–Kier alpha value is -2.95. The van der Waals surface area contributed by atoms with Gasteiger partial charge in [0, 0.05) is 24.7 Å². The Balaban J connectivity index is 1.73. The zero-order valence-electron chi connectivity index (χ0n) is 17.1. The molecule has 0 fully saturated rings. The number of nitrogen functional groups attached to an aromatic ring is 1. The molecular weight excluding hydrogens is 433 g/mol. The van der Waals surface area contributed by atoms with Crippen molar-refractivity contribution in [2.45, 2.75) is 12.1 Å². The molecule has 3 aromatic rings. The van der Waals surface area contributed by atoms with Crippen LogP contribution >= 0.6 is 18.9 Å². The number of hydrogen-bond acceptors (Lipinski definition) is 7. The highest BCUT2D eigenvalue weighted by Gasteiger charge is 2.34. The van der Waals surface area contributed by atoms with Crippen LogP contribution in [0.5, 0.6) is 0 Å². The zero-order valence-corrected chi connectivity index (χ0v) is 18.8. The number of rotatable bonds is 8. The monoisotopic (exact) mass is 455 g/mol. The van der Waals surface area contributed by atoms with Gasteiger partial charge in [0.1, 0.15) is 0 Å². The van der Waals surface area contributed by atoms with Crippen molar-refractivity contribution < 1.29 is 18.4 Å². The fraction of sp³-hybridized carbons (Fsp3) is 0.182. The van der Waals surface area contributed by atoms with Gasteiger partial charge in [-0.2, -0.15) is 5.26 Å². The van der Waals surface area contributed by atoms with E-state index in [1.54, 1.807) is 41.7 Å². The predicted octanol–water partition coefficient (Wildman–Crippen LogP) is 5.17. The first-order valence-corrected chi connectivity index (χ1v) is 11.8. The second-order valence-corrected chi connectivity index (χ2v) is 10.1. The molecule has 160 valence electrons. The maximum atomic E-state index is 12.7. The van der Waals surface area contributed by atoms with Crippen molar-refractivity contribution in [3.05, 3.63) is 71.1 Å². The van der Waals surface area contributed by atoms with Crippen molar-refractivity contribution in [3.8, 4) is 16.5 Å². The summed E-state index contributed by atoms with van der Waals surface area (Å²) in [7, 11) is -1.02. The number of nitrogens with two attached hydrogens (primary N) is 1. The van der Waals surface area contributed by atoms with E-state index in [4.69, 9.17) is 14.8 Å². The molecule has 1 amide bonds. The van der Waals surface area contributed by atoms with Gasteiger partial charge in [-0.15, -0.1) is 11.3 Å². The van der Waals surface area contributed by atoms with Gasteiger partial charge in [0.25, 0.3) is 5.91 Å². The fourth-order valence-corrected chi connectivity index (χ4v) is 4.99. The van der Waals surface area contributed by atoms with Crippen molar-refractivity contribution in [1.82, 2.24) is 0 Å². The van der Waals surface area contributed by atoms with Gasteiger partial charge in [0.2, 0.25) is 0 Å². The Bertz CT molecular complexity index is 1130. The molecule has 0 aliphatic rings. The number of carbonyl (C=O) groups is 1. The molecule has 0 bridgehead atoms. The average molecular weight is 455 g/mol. The molecule has 2 aromatic carbocycles. The van der Waals surface area contributed by atoms with E-state index in [2.05, 4.69) is 5.32 Å². The second kappa shape index (κ2) is 9.90. The number of carbonyl (C=O) groups excluding carboxylic acids is 1. The summed E-state index contributed by atoms with van der Waals surface area (Å²) in [5, 5.41) is 14.2. The first-order valence-electron chi connectivity index (χ1n) is 9.34. The number of nitrogens with one attached hydrogen (secondary N) is 1. The fourth-order valence-electron chi connectivity index (χ4n) is 3.03. The molecule has 0 aliphatic carbocycles. The Morgan fingerprint density at radius 2 is 1.90 bits per heavy atom. The lowest BCUT2D eigenvalue weighted by atomic mass is 10.1. The van der Waals surface area contributed by atoms with Crippen LogP contribution in [0, 0.1) is 11.3 Å². The van der Waals surface area contributed by atoms with Gasteiger partial charge in [-0.3, -0.25) is 9.36 Å². The van der Waals surface area contributed by atoms with Crippen molar-refractivity contribution in [3.63, 3.8) is 0 Å². The Morgan fingerprint density at radius 3 is 2.48 bits per heavy atom. The third kappa shape index (κ3) is 5.22. The van der Waals surface area contributed by atoms with Crippen molar-refractivity contribution >= 4 is 36.2 Å². The summed E-state index contributed by atoms with van der Waals surface area (Å²) in [5.74, 6) is -0.308. The van der Waals surface area contributed by atoms with Gasteiger partial charge >= 0.3 is 7.60 Å². The van der Waals surface area contributed by atoms with Crippen LogP contribution < -0.4 is 11.1 Å². The summed E-state index contributed by atoms with van der Waals surface area (Å²) >= 11 is 1.60. The van der Waals surface area contributed by atoms with Gasteiger partial charge in [-0.05, 0) is 53.3 Å². The lowest BCUT2D eigenvalue weighted by Crippen LogP contribution is -2.14. The molecule has 0 radical (unpaired) electrons. The van der Waals surface area contributed by atoms with Gasteiger partial charge < -0.3 is 20.1 Å². The smallest absolute Gasteiger partial charge is 0.347 e. The van der Waals surface area contributed by atoms with Crippen LogP contribution in [0.25, 0.3) is 10.4 Å². The largest absolute Gasteiger partial charge is 0.397 e. The van der Waals surface area contributed by atoms with Gasteiger partial charge in [-0.25, -0.2) is 0 Å². The van der Waals surface area contributed by atoms with Gasteiger partial charge in [0.05, 0.1) is 17.4 Å². The van der Waals surface area contributed by atoms with E-state index in [0.717, 1.165) is 16.0 Å². The third-order valence-electron chi connectivity index (χ3n) is 4.79. The standard InChI is InChI=1S/C22H22N3O4PS/c1-28-30(27,29-2)18(14-23)12-15-5-7-16(8-6-15)22(26)25-20-13-17(9-10-19(20)24)21-4-3-11-31-21/h3-11,13,18H,12,24H2,1-2H3,(H,25,26). The predicted molar refractivity (Wildman–Crippen MR) is 123 cm³/mol. The Kier molecular flexibility index (Phi) is 7.26. The molecule has 31 heavy (non-hydrogen) atoms. The van der Waals surface area contributed by atoms with Crippen LogP contribution in [0.4, 0.5) is 11.4 Å². The number of benzene rings is 2. The lowest BCUT2D eigenvalue weighted by Gasteiger charge is -2.18. The van der Waals surface area contributed by atoms with Gasteiger partial charge in [0.15, 0.2) is 5.66 Å². The molecule has 1 atom stereocenters. The van der Waals surface area contributed by atoms with Crippen LogP contribution in [0.2, 0.25) is 0 Å². The quantitative estimate of drug-likeness (QED) is 0.358. The molecule has 0 saturated heterocycles. The van der Waals surface area contributed by atoms with E-state index < -0.39 is 13.3 Å². The molecule has 3 rings (SSSR count). The highest BCUT2D eigenvalue weighted by molar-refractivity contribution is 7.54. The topological polar surface area (TPSA) is 114 Å². The summed E-state index contributed by atoms with van der Waals surface area (Å²) in [6.45, 7) is 0. The van der Waals surface area contributed by atoms with E-state index in [1.165, 1.54) is 14.2 Å². The number of nitrogens with zero attached hydrogens (tertiary/aromatic N) is 1. The zero-order chi connectivity index (χ0) is 22.4. The summed E-state index contributed by atoms with van der Waals surface area (Å²) in [4.78, 5) is 13.8. The molecule has 0 spiro atoms. The Labute approximate surface area is 185 Å². The molecule has 1 aromatic heterocycles. The minimum atomic E-state index is -3.52. The van der Waals surface area contributed by atoms with E-state index in [9.17, 15) is 14.6 Å². The first kappa shape index (κ1) is 22.7. The summed E-state index contributed by atoms with van der Waals surface area (Å²) in [5.41, 5.74) is 8.23. The average Bonchev–Trinajstić information content (AvgIpc) is 3.33. The van der Waals surface area contributed by atoms with E-state index in [0.29, 0.717) is 16.9 Å². The number of nitriles is 1. The van der Waals surface area contributed by atoms with Crippen LogP contribution in [-0.2, 0) is 20.0 Å². The van der Waals surface area contributed by atoms with Crippen LogP contribution in [0.3, 0.4) is 0 Å². The first-order chi connectivity index (χ1) is 14.9. The normalized spacial score (nSPS) is 12.2. The van der Waals surface area contributed by atoms with Crippen LogP contribution in [0.15, 0.2) is 60.0 Å². The SMILES string of the molecule is COP(=O)(OC)C(C#N)Cc1ccc(C(=O)Nc2cc(-c3cccs3)ccc2N)cc1. The van der Waals surface area contributed by atoms with E-state index in [1.807, 2.05) is 35.7 Å². The minimum Gasteiger partial charge on any atom is -0.397 e. The number of anilines is 2. The molecule has 0 aliphatic heterocycles. The Morgan fingerprint density at radius 1 is 1.19 bits per heavy atom. The second-order valence-electron chi connectivity index (χ2n) is 6.68. The van der Waals surface area contributed by atoms with E-state index >= 15 is 0 Å². The molecule has 0 saturated carbocycles. The van der Waals surface area contributed by atoms with Gasteiger partial charge in [-0.1, -0.05) is 24.3 Å². The summed E-state index contributed by atoms with van der Waals surface area (Å²) < 4.78 is 22.3. The summed E-state index contributed by atoms with van der Waals surface area (Å²) in [6.07, 6.45) is 0.174. The van der Waals surface area contributed by atoms with Crippen LogP contribution in [0.1, 0.15) is 15.9 Å². The van der Waals surface area contributed by atoms with E-state index in [-0.39, 0.29) is 12.3 Å². The van der Waals surface area contributed by atoms with Crippen molar-refractivity contribution in [2.75, 3.05) is 25.3 Å². The molecular formula is C22H22N3O4PS. The third-order valence-corrected chi connectivity index (χ3v) is 7.79. The highest BCUT2D eigenvalue weighted by Crippen LogP contribution is 2.52. The molecule has 3 N–H and O–H groups in total. The minimum absolute atomic E-state index is 0.174. The maximum absolute atomic E-state index is 12.7. The molecule has 1 unspecified atom stereocenters. The molecule has 1 heterocycles. The maximum Gasteiger partial charge on any atom is 0.347 e. The number of amides is 1. The van der Waals surface area contributed by atoms with Crippen LogP contribution in [-0.4, -0.2) is 25.8 Å².